The molecule has 1 aliphatic heterocycles. The topological polar surface area (TPSA) is 58.8 Å². The second-order valence-electron chi connectivity index (χ2n) is 5.82. The van der Waals surface area contributed by atoms with E-state index in [1.54, 1.807) is 6.07 Å². The Morgan fingerprint density at radius 3 is 2.67 bits per heavy atom. The molecule has 0 spiro atoms. The fourth-order valence-electron chi connectivity index (χ4n) is 2.79. The van der Waals surface area contributed by atoms with Crippen LogP contribution in [-0.4, -0.2) is 54.5 Å². The maximum absolute atomic E-state index is 12.2. The Kier molecular flexibility index (Phi) is 4.29. The summed E-state index contributed by atoms with van der Waals surface area (Å²) in [6.07, 6.45) is 3.10. The Bertz CT molecular complexity index is 494. The van der Waals surface area contributed by atoms with Crippen molar-refractivity contribution in [2.75, 3.05) is 38.5 Å². The summed E-state index contributed by atoms with van der Waals surface area (Å²) >= 11 is 0. The predicted octanol–water partition coefficient (Wildman–Crippen LogP) is 1.34. The molecule has 5 nitrogen and oxygen atoms in total. The number of piperazine rings is 1. The van der Waals surface area contributed by atoms with Gasteiger partial charge in [-0.25, -0.2) is 0 Å². The third kappa shape index (κ3) is 3.88. The summed E-state index contributed by atoms with van der Waals surface area (Å²) in [5, 5.41) is 0. The van der Waals surface area contributed by atoms with Gasteiger partial charge in [-0.15, -0.1) is 0 Å². The number of hydrogen-bond donors (Lipinski definition) is 1. The molecule has 1 aliphatic carbocycles. The summed E-state index contributed by atoms with van der Waals surface area (Å²) < 4.78 is 5.58. The van der Waals surface area contributed by atoms with Crippen LogP contribution in [0.15, 0.2) is 24.3 Å². The smallest absolute Gasteiger partial charge is 0.226 e. The van der Waals surface area contributed by atoms with Gasteiger partial charge in [-0.05, 0) is 25.0 Å². The van der Waals surface area contributed by atoms with Crippen LogP contribution in [0.5, 0.6) is 5.75 Å². The zero-order chi connectivity index (χ0) is 14.7. The standard InChI is InChI=1S/C16H23N3O2/c17-13-2-1-3-15(12-13)21-11-6-16(20)19-9-7-18(8-10-19)14-4-5-14/h1-3,12,14H,4-11,17H2. The molecule has 2 fully saturated rings. The van der Waals surface area contributed by atoms with E-state index >= 15 is 0 Å². The van der Waals surface area contributed by atoms with Crippen LogP contribution in [-0.2, 0) is 4.79 Å². The molecule has 2 aliphatic rings. The number of carbonyl (C=O) groups is 1. The van der Waals surface area contributed by atoms with Gasteiger partial charge >= 0.3 is 0 Å². The highest BCUT2D eigenvalue weighted by molar-refractivity contribution is 5.76. The van der Waals surface area contributed by atoms with Crippen molar-refractivity contribution in [1.29, 1.82) is 0 Å². The first kappa shape index (κ1) is 14.2. The largest absolute Gasteiger partial charge is 0.493 e. The highest BCUT2D eigenvalue weighted by Gasteiger charge is 2.32. The van der Waals surface area contributed by atoms with E-state index in [9.17, 15) is 4.79 Å². The lowest BCUT2D eigenvalue weighted by Crippen LogP contribution is -2.49. The van der Waals surface area contributed by atoms with Gasteiger partial charge in [-0.1, -0.05) is 6.07 Å². The molecule has 0 aromatic heterocycles. The van der Waals surface area contributed by atoms with Gasteiger partial charge in [0.25, 0.3) is 0 Å². The number of ether oxygens (including phenoxy) is 1. The Morgan fingerprint density at radius 2 is 2.00 bits per heavy atom. The molecule has 2 N–H and O–H groups in total. The van der Waals surface area contributed by atoms with Gasteiger partial charge in [0.2, 0.25) is 5.91 Å². The maximum atomic E-state index is 12.2. The quantitative estimate of drug-likeness (QED) is 0.831. The van der Waals surface area contributed by atoms with E-state index in [2.05, 4.69) is 4.90 Å². The molecule has 5 heteroatoms. The zero-order valence-corrected chi connectivity index (χ0v) is 12.3. The van der Waals surface area contributed by atoms with E-state index in [1.165, 1.54) is 12.8 Å². The van der Waals surface area contributed by atoms with Crippen molar-refractivity contribution in [3.05, 3.63) is 24.3 Å². The third-order valence-electron chi connectivity index (χ3n) is 4.17. The van der Waals surface area contributed by atoms with Crippen molar-refractivity contribution < 1.29 is 9.53 Å². The van der Waals surface area contributed by atoms with Crippen LogP contribution in [0.1, 0.15) is 19.3 Å². The molecule has 1 heterocycles. The van der Waals surface area contributed by atoms with Gasteiger partial charge < -0.3 is 15.4 Å². The number of benzene rings is 1. The highest BCUT2D eigenvalue weighted by Crippen LogP contribution is 2.27. The van der Waals surface area contributed by atoms with Crippen LogP contribution in [0.2, 0.25) is 0 Å². The molecule has 0 bridgehead atoms. The van der Waals surface area contributed by atoms with Crippen molar-refractivity contribution in [2.45, 2.75) is 25.3 Å². The molecule has 1 aromatic rings. The number of nitrogen functional groups attached to an aromatic ring is 1. The van der Waals surface area contributed by atoms with Crippen LogP contribution in [0.3, 0.4) is 0 Å². The van der Waals surface area contributed by atoms with E-state index in [0.717, 1.165) is 38.0 Å². The molecule has 0 radical (unpaired) electrons. The number of nitrogens with two attached hydrogens (primary N) is 1. The Morgan fingerprint density at radius 1 is 1.24 bits per heavy atom. The molecule has 114 valence electrons. The number of nitrogens with zero attached hydrogens (tertiary/aromatic N) is 2. The van der Waals surface area contributed by atoms with Crippen LogP contribution >= 0.6 is 0 Å². The molecule has 1 amide bonds. The van der Waals surface area contributed by atoms with Gasteiger partial charge in [-0.2, -0.15) is 0 Å². The molecule has 0 unspecified atom stereocenters. The minimum Gasteiger partial charge on any atom is -0.493 e. The monoisotopic (exact) mass is 289 g/mol. The summed E-state index contributed by atoms with van der Waals surface area (Å²) in [6, 6.07) is 8.10. The number of rotatable bonds is 5. The molecule has 1 aromatic carbocycles. The summed E-state index contributed by atoms with van der Waals surface area (Å²) in [5.41, 5.74) is 6.37. The van der Waals surface area contributed by atoms with Crippen molar-refractivity contribution in [3.8, 4) is 5.75 Å². The lowest BCUT2D eigenvalue weighted by Gasteiger charge is -2.34. The summed E-state index contributed by atoms with van der Waals surface area (Å²) in [6.45, 7) is 4.16. The third-order valence-corrected chi connectivity index (χ3v) is 4.17. The maximum Gasteiger partial charge on any atom is 0.226 e. The molecule has 1 saturated heterocycles. The molecular formula is C16H23N3O2. The van der Waals surface area contributed by atoms with Gasteiger partial charge in [0.15, 0.2) is 0 Å². The van der Waals surface area contributed by atoms with Gasteiger partial charge in [0, 0.05) is 44.0 Å². The number of carbonyl (C=O) groups excluding carboxylic acids is 1. The first-order valence-electron chi connectivity index (χ1n) is 7.72. The van der Waals surface area contributed by atoms with E-state index in [-0.39, 0.29) is 5.91 Å². The molecule has 21 heavy (non-hydrogen) atoms. The lowest BCUT2D eigenvalue weighted by molar-refractivity contribution is -0.133. The van der Waals surface area contributed by atoms with Crippen LogP contribution in [0, 0.1) is 0 Å². The second-order valence-corrected chi connectivity index (χ2v) is 5.82. The van der Waals surface area contributed by atoms with Gasteiger partial charge in [-0.3, -0.25) is 9.69 Å². The Balaban J connectivity index is 1.38. The van der Waals surface area contributed by atoms with E-state index in [1.807, 2.05) is 23.1 Å². The fourth-order valence-corrected chi connectivity index (χ4v) is 2.79. The van der Waals surface area contributed by atoms with Gasteiger partial charge in [0.1, 0.15) is 5.75 Å². The van der Waals surface area contributed by atoms with E-state index in [4.69, 9.17) is 10.5 Å². The average molecular weight is 289 g/mol. The summed E-state index contributed by atoms with van der Waals surface area (Å²) in [5.74, 6) is 0.913. The minimum absolute atomic E-state index is 0.189. The van der Waals surface area contributed by atoms with Crippen molar-refractivity contribution >= 4 is 11.6 Å². The van der Waals surface area contributed by atoms with E-state index < -0.39 is 0 Å². The summed E-state index contributed by atoms with van der Waals surface area (Å²) in [4.78, 5) is 16.6. The van der Waals surface area contributed by atoms with Crippen LogP contribution in [0.4, 0.5) is 5.69 Å². The van der Waals surface area contributed by atoms with Crippen molar-refractivity contribution in [3.63, 3.8) is 0 Å². The predicted molar refractivity (Wildman–Crippen MR) is 82.1 cm³/mol. The number of amides is 1. The lowest BCUT2D eigenvalue weighted by atomic mass is 10.2. The molecule has 1 saturated carbocycles. The first-order chi connectivity index (χ1) is 10.2. The van der Waals surface area contributed by atoms with E-state index in [0.29, 0.717) is 18.7 Å². The molecule has 0 atom stereocenters. The highest BCUT2D eigenvalue weighted by atomic mass is 16.5. The SMILES string of the molecule is Nc1cccc(OCCC(=O)N2CCN(C3CC3)CC2)c1. The minimum atomic E-state index is 0.189. The van der Waals surface area contributed by atoms with Crippen LogP contribution in [0.25, 0.3) is 0 Å². The molecule has 3 rings (SSSR count). The second kappa shape index (κ2) is 6.35. The number of anilines is 1. The fraction of sp³-hybridized carbons (Fsp3) is 0.562. The number of hydrogen-bond acceptors (Lipinski definition) is 4. The van der Waals surface area contributed by atoms with Crippen molar-refractivity contribution in [2.24, 2.45) is 0 Å². The Hall–Kier alpha value is -1.75. The molecular weight excluding hydrogens is 266 g/mol. The van der Waals surface area contributed by atoms with Gasteiger partial charge in [0.05, 0.1) is 13.0 Å². The average Bonchev–Trinajstić information content (AvgIpc) is 3.32. The summed E-state index contributed by atoms with van der Waals surface area (Å²) in [7, 11) is 0. The Labute approximate surface area is 125 Å². The van der Waals surface area contributed by atoms with Crippen molar-refractivity contribution in [1.82, 2.24) is 9.80 Å². The van der Waals surface area contributed by atoms with Crippen LogP contribution < -0.4 is 10.5 Å². The first-order valence-corrected chi connectivity index (χ1v) is 7.72. The normalized spacial score (nSPS) is 19.5. The zero-order valence-electron chi connectivity index (χ0n) is 12.3.